The molecule has 0 spiro atoms. The highest BCUT2D eigenvalue weighted by Gasteiger charge is 2.40. The molecule has 2 saturated heterocycles. The Morgan fingerprint density at radius 3 is 2.29 bits per heavy atom. The van der Waals surface area contributed by atoms with Crippen LogP contribution >= 0.6 is 0 Å². The molecule has 1 atom stereocenters. The average molecular weight is 489 g/mol. The van der Waals surface area contributed by atoms with Gasteiger partial charge in [-0.25, -0.2) is 13.2 Å². The molecule has 2 aliphatic heterocycles. The van der Waals surface area contributed by atoms with Crippen LogP contribution in [0.3, 0.4) is 0 Å². The number of nitrogens with zero attached hydrogens (tertiary/aromatic N) is 2. The van der Waals surface area contributed by atoms with Gasteiger partial charge in [-0.3, -0.25) is 4.79 Å². The van der Waals surface area contributed by atoms with Crippen molar-refractivity contribution >= 4 is 12.0 Å². The molecular formula is C27H31F3N2O3. The summed E-state index contributed by atoms with van der Waals surface area (Å²) in [5.41, 5.74) is 0.235. The van der Waals surface area contributed by atoms with E-state index in [0.717, 1.165) is 43.6 Å². The van der Waals surface area contributed by atoms with Crippen LogP contribution in [0, 0.1) is 17.5 Å². The summed E-state index contributed by atoms with van der Waals surface area (Å²) in [6, 6.07) is 10.0. The standard InChI is InChI=1S/C27H31F3N2O3/c28-22-5-3-20(4-6-22)21-9-13-31(14-10-21)18-25(33)27(35)11-15-32(16-12-27)26(34)8-2-19-1-7-23(29)24(30)17-19/h1-8,17,21,25,33,35H,9-16,18H2/b8-2+. The van der Waals surface area contributed by atoms with E-state index in [-0.39, 0.29) is 24.6 Å². The molecule has 2 aliphatic rings. The maximum Gasteiger partial charge on any atom is 0.246 e. The molecule has 2 aromatic carbocycles. The van der Waals surface area contributed by atoms with Gasteiger partial charge in [0.25, 0.3) is 0 Å². The van der Waals surface area contributed by atoms with Crippen molar-refractivity contribution in [2.24, 2.45) is 0 Å². The molecule has 2 fully saturated rings. The number of aliphatic hydroxyl groups excluding tert-OH is 1. The van der Waals surface area contributed by atoms with Crippen LogP contribution < -0.4 is 0 Å². The summed E-state index contributed by atoms with van der Waals surface area (Å²) in [5, 5.41) is 21.9. The van der Waals surface area contributed by atoms with Crippen LogP contribution in [0.2, 0.25) is 0 Å². The zero-order valence-corrected chi connectivity index (χ0v) is 19.5. The third kappa shape index (κ3) is 6.31. The number of amides is 1. The Labute approximate surface area is 203 Å². The van der Waals surface area contributed by atoms with E-state index in [1.807, 2.05) is 12.1 Å². The van der Waals surface area contributed by atoms with Crippen molar-refractivity contribution in [2.45, 2.75) is 43.3 Å². The number of carbonyl (C=O) groups is 1. The lowest BCUT2D eigenvalue weighted by Gasteiger charge is -2.43. The number of hydrogen-bond acceptors (Lipinski definition) is 4. The van der Waals surface area contributed by atoms with Crippen molar-refractivity contribution in [2.75, 3.05) is 32.7 Å². The highest BCUT2D eigenvalue weighted by molar-refractivity contribution is 5.91. The number of halogens is 3. The Morgan fingerprint density at radius 1 is 1.00 bits per heavy atom. The van der Waals surface area contributed by atoms with E-state index < -0.39 is 23.3 Å². The van der Waals surface area contributed by atoms with Gasteiger partial charge in [-0.15, -0.1) is 0 Å². The zero-order valence-electron chi connectivity index (χ0n) is 19.5. The number of aliphatic hydroxyl groups is 2. The minimum absolute atomic E-state index is 0.241. The summed E-state index contributed by atoms with van der Waals surface area (Å²) in [4.78, 5) is 16.2. The first-order chi connectivity index (χ1) is 16.7. The summed E-state index contributed by atoms with van der Waals surface area (Å²) >= 11 is 0. The first-order valence-electron chi connectivity index (χ1n) is 12.0. The van der Waals surface area contributed by atoms with E-state index in [4.69, 9.17) is 0 Å². The van der Waals surface area contributed by atoms with Crippen molar-refractivity contribution in [3.05, 3.63) is 77.1 Å². The first kappa shape index (κ1) is 25.4. The van der Waals surface area contributed by atoms with Gasteiger partial charge in [-0.2, -0.15) is 0 Å². The molecule has 4 rings (SSSR count). The summed E-state index contributed by atoms with van der Waals surface area (Å²) in [6.45, 7) is 2.52. The van der Waals surface area contributed by atoms with Crippen LogP contribution in [-0.4, -0.2) is 70.3 Å². The topological polar surface area (TPSA) is 64.0 Å². The van der Waals surface area contributed by atoms with E-state index in [0.29, 0.717) is 31.1 Å². The largest absolute Gasteiger partial charge is 0.389 e. The number of carbonyl (C=O) groups excluding carboxylic acids is 1. The minimum atomic E-state index is -1.27. The highest BCUT2D eigenvalue weighted by atomic mass is 19.2. The lowest BCUT2D eigenvalue weighted by molar-refractivity contribution is -0.140. The molecule has 188 valence electrons. The van der Waals surface area contributed by atoms with Crippen molar-refractivity contribution in [1.29, 1.82) is 0 Å². The van der Waals surface area contributed by atoms with Gasteiger partial charge in [0.05, 0.1) is 11.7 Å². The predicted molar refractivity (Wildman–Crippen MR) is 127 cm³/mol. The van der Waals surface area contributed by atoms with Crippen LogP contribution in [-0.2, 0) is 4.79 Å². The predicted octanol–water partition coefficient (Wildman–Crippen LogP) is 3.71. The molecule has 35 heavy (non-hydrogen) atoms. The SMILES string of the molecule is O=C(/C=C/c1ccc(F)c(F)c1)N1CCC(O)(C(O)CN2CCC(c3ccc(F)cc3)CC2)CC1. The van der Waals surface area contributed by atoms with E-state index in [9.17, 15) is 28.2 Å². The first-order valence-corrected chi connectivity index (χ1v) is 12.0. The second kappa shape index (κ2) is 10.9. The third-order valence-electron chi connectivity index (χ3n) is 7.28. The number of rotatable bonds is 6. The van der Waals surface area contributed by atoms with Crippen molar-refractivity contribution in [1.82, 2.24) is 9.80 Å². The second-order valence-electron chi connectivity index (χ2n) is 9.58. The van der Waals surface area contributed by atoms with Gasteiger partial charge in [0.1, 0.15) is 5.82 Å². The summed E-state index contributed by atoms with van der Waals surface area (Å²) in [7, 11) is 0. The Kier molecular flexibility index (Phi) is 7.94. The fraction of sp³-hybridized carbons (Fsp3) is 0.444. The lowest BCUT2D eigenvalue weighted by Crippen LogP contribution is -2.56. The number of likely N-dealkylation sites (tertiary alicyclic amines) is 2. The van der Waals surface area contributed by atoms with Crippen molar-refractivity contribution < 1.29 is 28.2 Å². The lowest BCUT2D eigenvalue weighted by atomic mass is 9.84. The summed E-state index contributed by atoms with van der Waals surface area (Å²) < 4.78 is 39.5. The van der Waals surface area contributed by atoms with Crippen molar-refractivity contribution in [3.8, 4) is 0 Å². The number of benzene rings is 2. The summed E-state index contributed by atoms with van der Waals surface area (Å²) in [5.74, 6) is -2.08. The van der Waals surface area contributed by atoms with Gasteiger partial charge in [0.15, 0.2) is 11.6 Å². The summed E-state index contributed by atoms with van der Waals surface area (Å²) in [6.07, 6.45) is 4.12. The number of piperidine rings is 2. The van der Waals surface area contributed by atoms with Gasteiger partial charge in [0, 0.05) is 25.7 Å². The molecule has 0 radical (unpaired) electrons. The zero-order chi connectivity index (χ0) is 25.0. The molecule has 0 bridgehead atoms. The van der Waals surface area contributed by atoms with Crippen LogP contribution in [0.25, 0.3) is 6.08 Å². The Hall–Kier alpha value is -2.68. The third-order valence-corrected chi connectivity index (χ3v) is 7.28. The van der Waals surface area contributed by atoms with E-state index in [2.05, 4.69) is 4.90 Å². The second-order valence-corrected chi connectivity index (χ2v) is 9.58. The highest BCUT2D eigenvalue weighted by Crippen LogP contribution is 2.31. The fourth-order valence-electron chi connectivity index (χ4n) is 4.93. The Balaban J connectivity index is 1.24. The van der Waals surface area contributed by atoms with Crippen LogP contribution in [0.1, 0.15) is 42.7 Å². The maximum atomic E-state index is 13.3. The van der Waals surface area contributed by atoms with Crippen molar-refractivity contribution in [3.63, 3.8) is 0 Å². The van der Waals surface area contributed by atoms with E-state index in [1.165, 1.54) is 30.4 Å². The van der Waals surface area contributed by atoms with Crippen LogP contribution in [0.4, 0.5) is 13.2 Å². The Bertz CT molecular complexity index is 1040. The quantitative estimate of drug-likeness (QED) is 0.609. The van der Waals surface area contributed by atoms with E-state index in [1.54, 1.807) is 4.90 Å². The average Bonchev–Trinajstić information content (AvgIpc) is 2.86. The normalized spacial score (nSPS) is 20.3. The molecule has 1 amide bonds. The number of hydrogen-bond donors (Lipinski definition) is 2. The van der Waals surface area contributed by atoms with E-state index >= 15 is 0 Å². The molecule has 8 heteroatoms. The van der Waals surface area contributed by atoms with Gasteiger partial charge in [0.2, 0.25) is 5.91 Å². The van der Waals surface area contributed by atoms with Gasteiger partial charge in [-0.05, 0) is 86.2 Å². The minimum Gasteiger partial charge on any atom is -0.389 e. The molecule has 0 aromatic heterocycles. The molecular weight excluding hydrogens is 457 g/mol. The molecule has 0 aliphatic carbocycles. The van der Waals surface area contributed by atoms with Gasteiger partial charge >= 0.3 is 0 Å². The number of β-amino-alcohol motifs (C(OH)–C–C–N with tert-alkyl or cyclic N) is 1. The molecule has 2 N–H and O–H groups in total. The molecule has 2 heterocycles. The van der Waals surface area contributed by atoms with Gasteiger partial charge in [-0.1, -0.05) is 18.2 Å². The molecule has 0 saturated carbocycles. The molecule has 2 aromatic rings. The Morgan fingerprint density at radius 2 is 1.66 bits per heavy atom. The monoisotopic (exact) mass is 488 g/mol. The molecule has 5 nitrogen and oxygen atoms in total. The fourth-order valence-corrected chi connectivity index (χ4v) is 4.93. The van der Waals surface area contributed by atoms with Gasteiger partial charge < -0.3 is 20.0 Å². The maximum absolute atomic E-state index is 13.3. The molecule has 1 unspecified atom stereocenters. The van der Waals surface area contributed by atoms with Crippen LogP contribution in [0.15, 0.2) is 48.5 Å². The van der Waals surface area contributed by atoms with Crippen LogP contribution in [0.5, 0.6) is 0 Å². The smallest absolute Gasteiger partial charge is 0.246 e.